The third kappa shape index (κ3) is 4.28. The molecule has 3 rings (SSSR count). The predicted molar refractivity (Wildman–Crippen MR) is 93.0 cm³/mol. The van der Waals surface area contributed by atoms with Crippen molar-refractivity contribution < 1.29 is 23.1 Å². The number of imidazole rings is 1. The molecule has 0 aliphatic carbocycles. The monoisotopic (exact) mass is 377 g/mol. The second-order valence-corrected chi connectivity index (χ2v) is 6.25. The van der Waals surface area contributed by atoms with Crippen molar-refractivity contribution in [3.63, 3.8) is 0 Å². The van der Waals surface area contributed by atoms with Gasteiger partial charge in [0, 0.05) is 18.9 Å². The minimum absolute atomic E-state index is 0.0738. The zero-order valence-electron chi connectivity index (χ0n) is 14.5. The number of carbonyl (C=O) groups is 1. The molecule has 1 atom stereocenters. The highest BCUT2D eigenvalue weighted by Gasteiger charge is 2.30. The van der Waals surface area contributed by atoms with Crippen LogP contribution in [0, 0.1) is 6.92 Å². The zero-order valence-corrected chi connectivity index (χ0v) is 14.5. The molecular weight excluding hydrogens is 359 g/mol. The summed E-state index contributed by atoms with van der Waals surface area (Å²) in [6.45, 7) is 1.83. The van der Waals surface area contributed by atoms with Gasteiger partial charge in [0.25, 0.3) is 0 Å². The number of rotatable bonds is 5. The third-order valence-corrected chi connectivity index (χ3v) is 4.26. The van der Waals surface area contributed by atoms with E-state index in [0.29, 0.717) is 11.3 Å². The maximum Gasteiger partial charge on any atom is 0.416 e. The van der Waals surface area contributed by atoms with E-state index in [4.69, 9.17) is 0 Å². The first-order valence-corrected chi connectivity index (χ1v) is 8.29. The van der Waals surface area contributed by atoms with Crippen LogP contribution in [0.5, 0.6) is 0 Å². The van der Waals surface area contributed by atoms with E-state index in [-0.39, 0.29) is 18.9 Å². The lowest BCUT2D eigenvalue weighted by molar-refractivity contribution is -0.137. The molecule has 0 radical (unpaired) electrons. The molecular formula is C19H18F3N3O2. The minimum Gasteiger partial charge on any atom is -0.387 e. The molecule has 5 nitrogen and oxygen atoms in total. The topological polar surface area (TPSA) is 66.6 Å². The molecule has 0 spiro atoms. The van der Waals surface area contributed by atoms with Crippen LogP contribution in [0.1, 0.15) is 28.5 Å². The van der Waals surface area contributed by atoms with Crippen molar-refractivity contribution in [2.75, 3.05) is 6.54 Å². The molecule has 0 aliphatic heterocycles. The van der Waals surface area contributed by atoms with E-state index in [1.165, 1.54) is 12.1 Å². The standard InChI is InChI=1S/C19H18F3N3O2/c1-12-3-2-8-25-15(10-24-18(12)25)9-17(27)23-11-16(26)13-4-6-14(7-5-13)19(20,21)22/h2-8,10,16,26H,9,11H2,1H3,(H,23,27)/t16-/m0/s1. The number of carbonyl (C=O) groups excluding carboxylic acids is 1. The first kappa shape index (κ1) is 18.9. The van der Waals surface area contributed by atoms with Crippen molar-refractivity contribution in [2.24, 2.45) is 0 Å². The SMILES string of the molecule is Cc1cccn2c(CC(=O)NC[C@H](O)c3ccc(C(F)(F)F)cc3)cnc12. The Balaban J connectivity index is 1.59. The van der Waals surface area contributed by atoms with Crippen LogP contribution in [0.4, 0.5) is 13.2 Å². The van der Waals surface area contributed by atoms with Gasteiger partial charge in [0.2, 0.25) is 5.91 Å². The number of aliphatic hydroxyl groups is 1. The molecule has 27 heavy (non-hydrogen) atoms. The molecule has 2 heterocycles. The number of aromatic nitrogens is 2. The summed E-state index contributed by atoms with van der Waals surface area (Å²) in [5, 5.41) is 12.7. The van der Waals surface area contributed by atoms with Crippen LogP contribution in [-0.4, -0.2) is 26.9 Å². The maximum atomic E-state index is 12.6. The van der Waals surface area contributed by atoms with Crippen LogP contribution in [0.25, 0.3) is 5.65 Å². The summed E-state index contributed by atoms with van der Waals surface area (Å²) < 4.78 is 39.5. The highest BCUT2D eigenvalue weighted by Crippen LogP contribution is 2.29. The van der Waals surface area contributed by atoms with E-state index < -0.39 is 17.8 Å². The number of alkyl halides is 3. The smallest absolute Gasteiger partial charge is 0.387 e. The molecule has 0 unspecified atom stereocenters. The van der Waals surface area contributed by atoms with Crippen molar-refractivity contribution >= 4 is 11.6 Å². The van der Waals surface area contributed by atoms with Crippen LogP contribution < -0.4 is 5.32 Å². The van der Waals surface area contributed by atoms with Crippen molar-refractivity contribution in [3.8, 4) is 0 Å². The Labute approximate surface area is 153 Å². The van der Waals surface area contributed by atoms with E-state index in [1.807, 2.05) is 29.7 Å². The summed E-state index contributed by atoms with van der Waals surface area (Å²) in [5.41, 5.74) is 1.97. The Morgan fingerprint density at radius 1 is 1.26 bits per heavy atom. The molecule has 2 aromatic heterocycles. The average Bonchev–Trinajstić information content (AvgIpc) is 3.03. The highest BCUT2D eigenvalue weighted by molar-refractivity contribution is 5.78. The molecule has 142 valence electrons. The third-order valence-electron chi connectivity index (χ3n) is 4.26. The number of nitrogens with zero attached hydrogens (tertiary/aromatic N) is 2. The first-order valence-electron chi connectivity index (χ1n) is 8.29. The lowest BCUT2D eigenvalue weighted by atomic mass is 10.1. The number of aryl methyl sites for hydroxylation is 1. The van der Waals surface area contributed by atoms with Gasteiger partial charge in [-0.15, -0.1) is 0 Å². The predicted octanol–water partition coefficient (Wildman–Crippen LogP) is 3.05. The van der Waals surface area contributed by atoms with Gasteiger partial charge < -0.3 is 14.8 Å². The van der Waals surface area contributed by atoms with Gasteiger partial charge in [-0.1, -0.05) is 18.2 Å². The van der Waals surface area contributed by atoms with E-state index in [2.05, 4.69) is 10.3 Å². The number of pyridine rings is 1. The Morgan fingerprint density at radius 3 is 2.63 bits per heavy atom. The van der Waals surface area contributed by atoms with Crippen LogP contribution >= 0.6 is 0 Å². The first-order chi connectivity index (χ1) is 12.8. The molecule has 1 aromatic carbocycles. The summed E-state index contributed by atoms with van der Waals surface area (Å²) in [5.74, 6) is -0.315. The fourth-order valence-corrected chi connectivity index (χ4v) is 2.78. The highest BCUT2D eigenvalue weighted by atomic mass is 19.4. The fourth-order valence-electron chi connectivity index (χ4n) is 2.78. The van der Waals surface area contributed by atoms with Crippen LogP contribution in [0.15, 0.2) is 48.8 Å². The van der Waals surface area contributed by atoms with Crippen LogP contribution in [-0.2, 0) is 17.4 Å². The van der Waals surface area contributed by atoms with Crippen LogP contribution in [0.2, 0.25) is 0 Å². The summed E-state index contributed by atoms with van der Waals surface area (Å²) in [4.78, 5) is 16.4. The average molecular weight is 377 g/mol. The van der Waals surface area contributed by atoms with Crippen molar-refractivity contribution in [2.45, 2.75) is 25.6 Å². The van der Waals surface area contributed by atoms with E-state index in [1.54, 1.807) is 6.20 Å². The lowest BCUT2D eigenvalue weighted by Crippen LogP contribution is -2.30. The molecule has 2 N–H and O–H groups in total. The number of fused-ring (bicyclic) bond motifs is 1. The minimum atomic E-state index is -4.43. The molecule has 1 amide bonds. The van der Waals surface area contributed by atoms with Gasteiger partial charge in [0.05, 0.1) is 23.8 Å². The molecule has 3 aromatic rings. The molecule has 0 saturated carbocycles. The number of halogens is 3. The van der Waals surface area contributed by atoms with E-state index >= 15 is 0 Å². The Kier molecular flexibility index (Phi) is 5.18. The number of hydrogen-bond donors (Lipinski definition) is 2. The Bertz CT molecular complexity index is 949. The second kappa shape index (κ2) is 7.40. The molecule has 8 heteroatoms. The van der Waals surface area contributed by atoms with Gasteiger partial charge >= 0.3 is 6.18 Å². The molecule has 0 saturated heterocycles. The molecule has 0 fully saturated rings. The normalized spacial score (nSPS) is 12.9. The van der Waals surface area contributed by atoms with Crippen molar-refractivity contribution in [3.05, 3.63) is 71.2 Å². The number of aliphatic hydroxyl groups excluding tert-OH is 1. The van der Waals surface area contributed by atoms with Gasteiger partial charge in [-0.2, -0.15) is 13.2 Å². The largest absolute Gasteiger partial charge is 0.416 e. The van der Waals surface area contributed by atoms with Gasteiger partial charge in [-0.3, -0.25) is 4.79 Å². The quantitative estimate of drug-likeness (QED) is 0.718. The Morgan fingerprint density at radius 2 is 1.96 bits per heavy atom. The molecule has 0 bridgehead atoms. The van der Waals surface area contributed by atoms with E-state index in [9.17, 15) is 23.1 Å². The van der Waals surface area contributed by atoms with Gasteiger partial charge in [-0.25, -0.2) is 4.98 Å². The van der Waals surface area contributed by atoms with Gasteiger partial charge in [0.1, 0.15) is 5.65 Å². The second-order valence-electron chi connectivity index (χ2n) is 6.25. The van der Waals surface area contributed by atoms with Gasteiger partial charge in [0.15, 0.2) is 0 Å². The maximum absolute atomic E-state index is 12.6. The number of hydrogen-bond acceptors (Lipinski definition) is 3. The number of amides is 1. The lowest BCUT2D eigenvalue weighted by Gasteiger charge is -2.13. The van der Waals surface area contributed by atoms with Crippen molar-refractivity contribution in [1.29, 1.82) is 0 Å². The summed E-state index contributed by atoms with van der Waals surface area (Å²) in [6, 6.07) is 7.99. The summed E-state index contributed by atoms with van der Waals surface area (Å²) >= 11 is 0. The van der Waals surface area contributed by atoms with Crippen molar-refractivity contribution in [1.82, 2.24) is 14.7 Å². The zero-order chi connectivity index (χ0) is 19.6. The fraction of sp³-hybridized carbons (Fsp3) is 0.263. The molecule has 0 aliphatic rings. The summed E-state index contributed by atoms with van der Waals surface area (Å²) in [6.07, 6.45) is -2.02. The Hall–Kier alpha value is -2.87. The number of benzene rings is 1. The van der Waals surface area contributed by atoms with Crippen LogP contribution in [0.3, 0.4) is 0 Å². The number of nitrogens with one attached hydrogen (secondary N) is 1. The van der Waals surface area contributed by atoms with Gasteiger partial charge in [-0.05, 0) is 36.2 Å². The van der Waals surface area contributed by atoms with E-state index in [0.717, 1.165) is 23.3 Å². The summed E-state index contributed by atoms with van der Waals surface area (Å²) in [7, 11) is 0.